The maximum absolute atomic E-state index is 12.6. The number of hydrogen-bond donors (Lipinski definition) is 3. The monoisotopic (exact) mass is 405 g/mol. The Hall–Kier alpha value is -3.20. The van der Waals surface area contributed by atoms with E-state index in [1.165, 1.54) is 0 Å². The molecule has 0 fully saturated rings. The second kappa shape index (κ2) is 7.08. The van der Waals surface area contributed by atoms with Gasteiger partial charge in [-0.1, -0.05) is 0 Å². The lowest BCUT2D eigenvalue weighted by Gasteiger charge is -2.12. The predicted octanol–water partition coefficient (Wildman–Crippen LogP) is 1.79. The molecule has 28 heavy (non-hydrogen) atoms. The second-order valence-electron chi connectivity index (χ2n) is 6.52. The number of nitrogen functional groups attached to an aromatic ring is 1. The standard InChI is InChI=1S/C18H19N5O4.ClH/c1-8-10(9(2)20-17-16(8)18(25)22-23(17)3)4-15(24)21-12-6-14-13(5-11(12)19)26-7-27-14;/h5-6H,4,7,19H2,1-3H3,(H,21,24)(H,22,25);1H. The zero-order valence-corrected chi connectivity index (χ0v) is 16.4. The molecule has 0 unspecified atom stereocenters. The van der Waals surface area contributed by atoms with Gasteiger partial charge in [-0.15, -0.1) is 12.4 Å². The van der Waals surface area contributed by atoms with Gasteiger partial charge in [0, 0.05) is 24.9 Å². The van der Waals surface area contributed by atoms with Crippen molar-refractivity contribution < 1.29 is 14.3 Å². The highest BCUT2D eigenvalue weighted by atomic mass is 35.5. The van der Waals surface area contributed by atoms with E-state index in [2.05, 4.69) is 15.4 Å². The van der Waals surface area contributed by atoms with E-state index in [1.54, 1.807) is 23.9 Å². The largest absolute Gasteiger partial charge is 0.454 e. The molecule has 1 amide bonds. The number of aromatic nitrogens is 3. The topological polar surface area (TPSA) is 124 Å². The van der Waals surface area contributed by atoms with E-state index in [4.69, 9.17) is 15.2 Å². The third kappa shape index (κ3) is 3.13. The van der Waals surface area contributed by atoms with Gasteiger partial charge in [0.05, 0.1) is 23.2 Å². The van der Waals surface area contributed by atoms with Crippen LogP contribution in [0.25, 0.3) is 11.0 Å². The number of anilines is 2. The van der Waals surface area contributed by atoms with Gasteiger partial charge < -0.3 is 20.5 Å². The minimum absolute atomic E-state index is 0. The maximum atomic E-state index is 12.6. The summed E-state index contributed by atoms with van der Waals surface area (Å²) in [4.78, 5) is 29.2. The number of nitrogens with two attached hydrogens (primary N) is 1. The molecule has 1 aromatic carbocycles. The number of carbonyl (C=O) groups excluding carboxylic acids is 1. The molecule has 0 saturated heterocycles. The Labute approximate surface area is 166 Å². The Bertz CT molecular complexity index is 1150. The van der Waals surface area contributed by atoms with Crippen molar-refractivity contribution in [3.05, 3.63) is 39.3 Å². The van der Waals surface area contributed by atoms with E-state index in [0.717, 1.165) is 11.1 Å². The number of nitrogens with zero attached hydrogens (tertiary/aromatic N) is 2. The summed E-state index contributed by atoms with van der Waals surface area (Å²) in [5.41, 5.74) is 9.32. The number of benzene rings is 1. The Morgan fingerprint density at radius 2 is 2.00 bits per heavy atom. The van der Waals surface area contributed by atoms with E-state index in [1.807, 2.05) is 13.8 Å². The van der Waals surface area contributed by atoms with Crippen molar-refractivity contribution in [3.63, 3.8) is 0 Å². The molecule has 3 aromatic rings. The van der Waals surface area contributed by atoms with Gasteiger partial charge in [0.1, 0.15) is 0 Å². The molecule has 9 nitrogen and oxygen atoms in total. The molecular formula is C18H20ClN5O4. The number of nitrogens with one attached hydrogen (secondary N) is 2. The Morgan fingerprint density at radius 1 is 1.32 bits per heavy atom. The van der Waals surface area contributed by atoms with Crippen LogP contribution in [0.2, 0.25) is 0 Å². The smallest absolute Gasteiger partial charge is 0.273 e. The number of aryl methyl sites for hydroxylation is 3. The number of carbonyl (C=O) groups is 1. The Balaban J connectivity index is 0.00000225. The van der Waals surface area contributed by atoms with E-state index < -0.39 is 0 Å². The summed E-state index contributed by atoms with van der Waals surface area (Å²) in [7, 11) is 1.73. The summed E-state index contributed by atoms with van der Waals surface area (Å²) >= 11 is 0. The van der Waals surface area contributed by atoms with Crippen LogP contribution in [0.3, 0.4) is 0 Å². The molecule has 1 aliphatic heterocycles. The molecule has 4 rings (SSSR count). The maximum Gasteiger partial charge on any atom is 0.273 e. The van der Waals surface area contributed by atoms with Gasteiger partial charge in [-0.3, -0.25) is 19.4 Å². The summed E-state index contributed by atoms with van der Waals surface area (Å²) < 4.78 is 12.2. The highest BCUT2D eigenvalue weighted by molar-refractivity contribution is 5.96. The highest BCUT2D eigenvalue weighted by Crippen LogP contribution is 2.38. The summed E-state index contributed by atoms with van der Waals surface area (Å²) in [6, 6.07) is 3.25. The van der Waals surface area contributed by atoms with Gasteiger partial charge in [-0.05, 0) is 25.0 Å². The lowest BCUT2D eigenvalue weighted by atomic mass is 10.0. The minimum atomic E-state index is -0.264. The van der Waals surface area contributed by atoms with Crippen molar-refractivity contribution in [2.75, 3.05) is 17.8 Å². The van der Waals surface area contributed by atoms with Crippen molar-refractivity contribution in [2.45, 2.75) is 20.3 Å². The summed E-state index contributed by atoms with van der Waals surface area (Å²) in [6.45, 7) is 3.77. The van der Waals surface area contributed by atoms with Gasteiger partial charge in [0.15, 0.2) is 17.1 Å². The van der Waals surface area contributed by atoms with Crippen molar-refractivity contribution >= 4 is 40.7 Å². The Kier molecular flexibility index (Phi) is 4.95. The molecule has 0 saturated carbocycles. The first kappa shape index (κ1) is 19.6. The molecular weight excluding hydrogens is 386 g/mol. The fraction of sp³-hybridized carbons (Fsp3) is 0.278. The number of pyridine rings is 1. The normalized spacial score (nSPS) is 12.1. The number of fused-ring (bicyclic) bond motifs is 2. The zero-order valence-electron chi connectivity index (χ0n) is 15.6. The van der Waals surface area contributed by atoms with E-state index in [0.29, 0.717) is 39.6 Å². The average molecular weight is 406 g/mol. The number of ether oxygens (including phenoxy) is 2. The van der Waals surface area contributed by atoms with Crippen molar-refractivity contribution in [1.82, 2.24) is 14.8 Å². The number of hydrogen-bond acceptors (Lipinski definition) is 6. The van der Waals surface area contributed by atoms with Crippen LogP contribution in [0.1, 0.15) is 16.8 Å². The number of H-pyrrole nitrogens is 1. The Morgan fingerprint density at radius 3 is 2.71 bits per heavy atom. The molecule has 0 atom stereocenters. The van der Waals surface area contributed by atoms with Crippen LogP contribution in [-0.4, -0.2) is 27.5 Å². The minimum Gasteiger partial charge on any atom is -0.454 e. The number of rotatable bonds is 3. The number of halogens is 1. The predicted molar refractivity (Wildman–Crippen MR) is 107 cm³/mol. The van der Waals surface area contributed by atoms with Crippen molar-refractivity contribution in [1.29, 1.82) is 0 Å². The quantitative estimate of drug-likeness (QED) is 0.570. The lowest BCUT2D eigenvalue weighted by molar-refractivity contribution is -0.115. The fourth-order valence-corrected chi connectivity index (χ4v) is 3.33. The number of aromatic amines is 1. The van der Waals surface area contributed by atoms with Crippen LogP contribution in [0.4, 0.5) is 11.4 Å². The molecule has 10 heteroatoms. The van der Waals surface area contributed by atoms with Crippen molar-refractivity contribution in [3.8, 4) is 11.5 Å². The summed E-state index contributed by atoms with van der Waals surface area (Å²) in [5, 5.41) is 5.98. The fourth-order valence-electron chi connectivity index (χ4n) is 3.33. The van der Waals surface area contributed by atoms with Crippen LogP contribution in [0.5, 0.6) is 11.5 Å². The first-order chi connectivity index (χ1) is 12.8. The first-order valence-corrected chi connectivity index (χ1v) is 8.39. The summed E-state index contributed by atoms with van der Waals surface area (Å²) in [5.74, 6) is 0.821. The van der Waals surface area contributed by atoms with E-state index in [9.17, 15) is 9.59 Å². The molecule has 4 N–H and O–H groups in total. The van der Waals surface area contributed by atoms with E-state index >= 15 is 0 Å². The van der Waals surface area contributed by atoms with Crippen molar-refractivity contribution in [2.24, 2.45) is 7.05 Å². The molecule has 0 spiro atoms. The third-order valence-corrected chi connectivity index (χ3v) is 4.73. The van der Waals surface area contributed by atoms with Crippen LogP contribution in [0, 0.1) is 13.8 Å². The van der Waals surface area contributed by atoms with Crippen LogP contribution in [-0.2, 0) is 18.3 Å². The first-order valence-electron chi connectivity index (χ1n) is 8.39. The van der Waals surface area contributed by atoms with Crippen LogP contribution >= 0.6 is 12.4 Å². The van der Waals surface area contributed by atoms with Crippen LogP contribution < -0.4 is 26.1 Å². The second-order valence-corrected chi connectivity index (χ2v) is 6.52. The van der Waals surface area contributed by atoms with Gasteiger partial charge in [0.25, 0.3) is 5.56 Å². The van der Waals surface area contributed by atoms with Gasteiger partial charge in [-0.2, -0.15) is 0 Å². The SMILES string of the molecule is Cc1nc2c(c(C)c1CC(=O)Nc1cc3c(cc1N)OCO3)c(=O)[nH]n2C.Cl. The molecule has 0 bridgehead atoms. The summed E-state index contributed by atoms with van der Waals surface area (Å²) in [6.07, 6.45) is 0.0722. The third-order valence-electron chi connectivity index (χ3n) is 4.73. The molecule has 3 heterocycles. The molecule has 0 aliphatic carbocycles. The number of amides is 1. The zero-order chi connectivity index (χ0) is 19.3. The molecule has 1 aliphatic rings. The highest BCUT2D eigenvalue weighted by Gasteiger charge is 2.20. The lowest BCUT2D eigenvalue weighted by Crippen LogP contribution is -2.17. The van der Waals surface area contributed by atoms with Gasteiger partial charge in [-0.25, -0.2) is 4.98 Å². The average Bonchev–Trinajstić information content (AvgIpc) is 3.15. The molecule has 2 aromatic heterocycles. The van der Waals surface area contributed by atoms with Gasteiger partial charge >= 0.3 is 0 Å². The van der Waals surface area contributed by atoms with E-state index in [-0.39, 0.29) is 37.1 Å². The molecule has 0 radical (unpaired) electrons. The van der Waals surface area contributed by atoms with Gasteiger partial charge in [0.2, 0.25) is 12.7 Å². The molecule has 148 valence electrons. The van der Waals surface area contributed by atoms with Crippen LogP contribution in [0.15, 0.2) is 16.9 Å².